The molecule has 0 aliphatic carbocycles. The highest BCUT2D eigenvalue weighted by Gasteiger charge is 2.15. The molecular formula is C24H19N5O2. The average Bonchev–Trinajstić information content (AvgIpc) is 3.48. The lowest BCUT2D eigenvalue weighted by Gasteiger charge is -2.14. The Kier molecular flexibility index (Phi) is 4.68. The van der Waals surface area contributed by atoms with Gasteiger partial charge in [0, 0.05) is 30.2 Å². The number of para-hydroxylation sites is 3. The minimum Gasteiger partial charge on any atom is -0.478 e. The molecular weight excluding hydrogens is 390 g/mol. The molecule has 0 unspecified atom stereocenters. The van der Waals surface area contributed by atoms with Gasteiger partial charge < -0.3 is 15.4 Å². The van der Waals surface area contributed by atoms with Gasteiger partial charge in [0.1, 0.15) is 12.2 Å². The van der Waals surface area contributed by atoms with Gasteiger partial charge in [0.25, 0.3) is 0 Å². The zero-order valence-corrected chi connectivity index (χ0v) is 16.5. The highest BCUT2D eigenvalue weighted by atomic mass is 16.4. The maximum absolute atomic E-state index is 11.6. The van der Waals surface area contributed by atoms with Crippen LogP contribution in [0.15, 0.2) is 85.5 Å². The number of aromatic nitrogens is 4. The third-order valence-electron chi connectivity index (χ3n) is 5.19. The molecule has 0 aliphatic rings. The Morgan fingerprint density at radius 2 is 1.87 bits per heavy atom. The molecule has 152 valence electrons. The van der Waals surface area contributed by atoms with Crippen LogP contribution < -0.4 is 5.32 Å². The second kappa shape index (κ2) is 7.79. The van der Waals surface area contributed by atoms with Crippen LogP contribution in [-0.2, 0) is 6.54 Å². The molecule has 0 fully saturated rings. The normalized spacial score (nSPS) is 11.0. The number of hydrogen-bond acceptors (Lipinski definition) is 4. The van der Waals surface area contributed by atoms with Gasteiger partial charge in [-0.15, -0.1) is 0 Å². The monoisotopic (exact) mass is 409 g/mol. The Labute approximate surface area is 178 Å². The van der Waals surface area contributed by atoms with Crippen LogP contribution in [0.2, 0.25) is 0 Å². The van der Waals surface area contributed by atoms with Gasteiger partial charge in [0.05, 0.1) is 22.3 Å². The van der Waals surface area contributed by atoms with Crippen LogP contribution in [0.25, 0.3) is 28.1 Å². The molecule has 31 heavy (non-hydrogen) atoms. The quantitative estimate of drug-likeness (QED) is 0.377. The number of aromatic carboxylic acids is 1. The first-order valence-electron chi connectivity index (χ1n) is 9.82. The highest BCUT2D eigenvalue weighted by molar-refractivity contribution is 5.96. The number of carboxylic acid groups (broad SMARTS) is 1. The highest BCUT2D eigenvalue weighted by Crippen LogP contribution is 2.26. The van der Waals surface area contributed by atoms with Crippen molar-refractivity contribution in [2.75, 3.05) is 5.32 Å². The number of benzene rings is 3. The minimum atomic E-state index is -0.990. The maximum atomic E-state index is 11.6. The number of nitrogens with zero attached hydrogens (tertiary/aromatic N) is 3. The van der Waals surface area contributed by atoms with E-state index in [9.17, 15) is 9.90 Å². The second-order valence-electron chi connectivity index (χ2n) is 7.09. The number of hydrogen-bond donors (Lipinski definition) is 3. The number of carboxylic acids is 1. The molecule has 0 saturated carbocycles. The zero-order chi connectivity index (χ0) is 21.2. The number of fused-ring (bicyclic) bond motifs is 1. The molecule has 0 bridgehead atoms. The van der Waals surface area contributed by atoms with Crippen molar-refractivity contribution >= 4 is 22.7 Å². The number of H-pyrrole nitrogens is 1. The van der Waals surface area contributed by atoms with Gasteiger partial charge in [-0.3, -0.25) is 4.57 Å². The first kappa shape index (κ1) is 18.6. The van der Waals surface area contributed by atoms with Gasteiger partial charge in [0.15, 0.2) is 0 Å². The number of imidazole rings is 2. The van der Waals surface area contributed by atoms with Crippen molar-refractivity contribution in [3.8, 4) is 17.1 Å². The van der Waals surface area contributed by atoms with Crippen molar-refractivity contribution in [2.24, 2.45) is 0 Å². The van der Waals surface area contributed by atoms with Crippen LogP contribution in [0, 0.1) is 0 Å². The van der Waals surface area contributed by atoms with Crippen LogP contribution in [-0.4, -0.2) is 30.6 Å². The Morgan fingerprint density at radius 1 is 1.03 bits per heavy atom. The lowest BCUT2D eigenvalue weighted by atomic mass is 10.1. The first-order chi connectivity index (χ1) is 15.2. The summed E-state index contributed by atoms with van der Waals surface area (Å²) >= 11 is 0. The molecule has 0 atom stereocenters. The molecule has 7 heteroatoms. The Morgan fingerprint density at radius 3 is 2.71 bits per heavy atom. The molecule has 0 aliphatic heterocycles. The number of rotatable bonds is 6. The van der Waals surface area contributed by atoms with E-state index in [1.54, 1.807) is 30.6 Å². The summed E-state index contributed by atoms with van der Waals surface area (Å²) in [6, 6.07) is 21.3. The molecule has 0 saturated heterocycles. The molecule has 0 radical (unpaired) electrons. The zero-order valence-electron chi connectivity index (χ0n) is 16.5. The smallest absolute Gasteiger partial charge is 0.336 e. The molecule has 5 rings (SSSR count). The van der Waals surface area contributed by atoms with Gasteiger partial charge in [-0.2, -0.15) is 0 Å². The molecule has 3 aromatic carbocycles. The second-order valence-corrected chi connectivity index (χ2v) is 7.09. The van der Waals surface area contributed by atoms with Crippen LogP contribution in [0.5, 0.6) is 0 Å². The summed E-state index contributed by atoms with van der Waals surface area (Å²) in [6.07, 6.45) is 5.11. The molecule has 0 spiro atoms. The molecule has 0 amide bonds. The topological polar surface area (TPSA) is 95.8 Å². The number of anilines is 1. The fourth-order valence-electron chi connectivity index (χ4n) is 3.69. The van der Waals surface area contributed by atoms with E-state index in [2.05, 4.69) is 37.0 Å². The van der Waals surface area contributed by atoms with Gasteiger partial charge in [-0.05, 0) is 42.0 Å². The Hall–Kier alpha value is -4.39. The largest absolute Gasteiger partial charge is 0.478 e. The van der Waals surface area contributed by atoms with Crippen molar-refractivity contribution in [3.63, 3.8) is 0 Å². The summed E-state index contributed by atoms with van der Waals surface area (Å²) in [5.41, 5.74) is 5.66. The lowest BCUT2D eigenvalue weighted by molar-refractivity contribution is 0.0697. The fourth-order valence-corrected chi connectivity index (χ4v) is 3.69. The van der Waals surface area contributed by atoms with Crippen molar-refractivity contribution < 1.29 is 9.90 Å². The van der Waals surface area contributed by atoms with E-state index in [-0.39, 0.29) is 5.56 Å². The molecule has 5 aromatic rings. The van der Waals surface area contributed by atoms with Crippen LogP contribution in [0.3, 0.4) is 0 Å². The first-order valence-corrected chi connectivity index (χ1v) is 9.82. The molecule has 2 aromatic heterocycles. The summed E-state index contributed by atoms with van der Waals surface area (Å²) in [5.74, 6) is -0.471. The summed E-state index contributed by atoms with van der Waals surface area (Å²) in [6.45, 7) is 0.562. The van der Waals surface area contributed by atoms with Gasteiger partial charge in [-0.25, -0.2) is 14.8 Å². The summed E-state index contributed by atoms with van der Waals surface area (Å²) in [5, 5.41) is 12.9. The summed E-state index contributed by atoms with van der Waals surface area (Å²) in [4.78, 5) is 23.3. The standard InChI is InChI=1S/C24H19N5O2/c30-24(31)18-10-9-17(13-19(18)23-25-11-12-26-23)27-14-16-5-1-3-7-21(16)29-15-28-20-6-2-4-8-22(20)29/h1-13,15,27H,14H2,(H,25,26)(H,30,31). The fraction of sp³-hybridized carbons (Fsp3) is 0.0417. The van der Waals surface area contributed by atoms with Crippen LogP contribution >= 0.6 is 0 Å². The Bertz CT molecular complexity index is 1370. The van der Waals surface area contributed by atoms with E-state index < -0.39 is 5.97 Å². The minimum absolute atomic E-state index is 0.200. The predicted molar refractivity (Wildman–Crippen MR) is 119 cm³/mol. The third-order valence-corrected chi connectivity index (χ3v) is 5.19. The predicted octanol–water partition coefficient (Wildman–Crippen LogP) is 4.73. The van der Waals surface area contributed by atoms with E-state index in [1.807, 2.05) is 42.7 Å². The van der Waals surface area contributed by atoms with Crippen LogP contribution in [0.4, 0.5) is 5.69 Å². The van der Waals surface area contributed by atoms with E-state index >= 15 is 0 Å². The van der Waals surface area contributed by atoms with Gasteiger partial charge in [0.2, 0.25) is 0 Å². The van der Waals surface area contributed by atoms with Gasteiger partial charge in [-0.1, -0.05) is 30.3 Å². The van der Waals surface area contributed by atoms with E-state index in [0.717, 1.165) is 28.0 Å². The van der Waals surface area contributed by atoms with E-state index in [4.69, 9.17) is 0 Å². The van der Waals surface area contributed by atoms with Crippen molar-refractivity contribution in [1.82, 2.24) is 19.5 Å². The van der Waals surface area contributed by atoms with E-state index in [0.29, 0.717) is 17.9 Å². The van der Waals surface area contributed by atoms with Crippen LogP contribution in [0.1, 0.15) is 15.9 Å². The van der Waals surface area contributed by atoms with E-state index in [1.165, 1.54) is 0 Å². The lowest BCUT2D eigenvalue weighted by Crippen LogP contribution is -2.06. The average molecular weight is 409 g/mol. The number of aromatic amines is 1. The summed E-state index contributed by atoms with van der Waals surface area (Å²) in [7, 11) is 0. The Balaban J connectivity index is 1.46. The van der Waals surface area contributed by atoms with Crippen molar-refractivity contribution in [3.05, 3.63) is 96.6 Å². The van der Waals surface area contributed by atoms with Crippen molar-refractivity contribution in [1.29, 1.82) is 0 Å². The molecule has 3 N–H and O–H groups in total. The molecule has 7 nitrogen and oxygen atoms in total. The van der Waals surface area contributed by atoms with Gasteiger partial charge >= 0.3 is 5.97 Å². The number of carbonyl (C=O) groups is 1. The maximum Gasteiger partial charge on any atom is 0.336 e. The summed E-state index contributed by atoms with van der Waals surface area (Å²) < 4.78 is 2.08. The van der Waals surface area contributed by atoms with Crippen molar-refractivity contribution in [2.45, 2.75) is 6.54 Å². The third kappa shape index (κ3) is 3.53. The molecule has 2 heterocycles. The number of nitrogens with one attached hydrogen (secondary N) is 2. The SMILES string of the molecule is O=C(O)c1ccc(NCc2ccccc2-n2cnc3ccccc32)cc1-c1ncc[nH]1.